The maximum Gasteiger partial charge on any atom is 0.416 e. The van der Waals surface area contributed by atoms with Crippen LogP contribution in [0.4, 0.5) is 18.9 Å². The predicted molar refractivity (Wildman–Crippen MR) is 48.9 cm³/mol. The molecule has 0 spiro atoms. The smallest absolute Gasteiger partial charge is 0.302 e. The molecule has 0 saturated heterocycles. The number of alkyl halides is 3. The van der Waals surface area contributed by atoms with Crippen molar-refractivity contribution >= 4 is 5.69 Å². The Bertz CT molecular complexity index is 417. The number of nitrogens with zero attached hydrogens (tertiary/aromatic N) is 2. The van der Waals surface area contributed by atoms with E-state index in [1.165, 1.54) is 6.07 Å². The topological polar surface area (TPSA) is 63.5 Å². The molecule has 0 unspecified atom stereocenters. The normalized spacial score (nSPS) is 15.3. The number of benzene rings is 1. The van der Waals surface area contributed by atoms with E-state index in [1.807, 2.05) is 0 Å². The van der Waals surface area contributed by atoms with Gasteiger partial charge in [0.1, 0.15) is 0 Å². The van der Waals surface area contributed by atoms with Crippen molar-refractivity contribution in [1.82, 2.24) is 10.7 Å². The van der Waals surface area contributed by atoms with Gasteiger partial charge in [0.15, 0.2) is 0 Å². The Balaban J connectivity index is 2.31. The maximum absolute atomic E-state index is 12.4. The molecule has 0 aliphatic carbocycles. The molecule has 0 bridgehead atoms. The summed E-state index contributed by atoms with van der Waals surface area (Å²) in [6.07, 6.45) is -4.35. The van der Waals surface area contributed by atoms with Crippen LogP contribution in [0.5, 0.6) is 0 Å². The lowest BCUT2D eigenvalue weighted by Crippen LogP contribution is -2.41. The Hall–Kier alpha value is -1.83. The molecule has 16 heavy (non-hydrogen) atoms. The standard InChI is InChI=1S/C8H8F3N5/c9-8(10,11)6-2-1-5-4-16(14-12)15-13-7(5)3-6/h1-3,12-13,15H,4H2. The number of nitrogens with one attached hydrogen (secondary N) is 3. The molecular formula is C8H8F3N5. The average Bonchev–Trinajstić information content (AvgIpc) is 2.26. The summed E-state index contributed by atoms with van der Waals surface area (Å²) in [5, 5.41) is 4.27. The second kappa shape index (κ2) is 3.63. The highest BCUT2D eigenvalue weighted by atomic mass is 19.4. The number of anilines is 1. The first-order chi connectivity index (χ1) is 7.50. The second-order valence-corrected chi connectivity index (χ2v) is 3.26. The molecular weight excluding hydrogens is 223 g/mol. The minimum Gasteiger partial charge on any atom is -0.302 e. The van der Waals surface area contributed by atoms with Crippen LogP contribution in [0.15, 0.2) is 23.4 Å². The molecule has 3 N–H and O–H groups in total. The third kappa shape index (κ3) is 1.91. The van der Waals surface area contributed by atoms with Crippen molar-refractivity contribution in [3.05, 3.63) is 29.3 Å². The Morgan fingerprint density at radius 2 is 2.12 bits per heavy atom. The minimum absolute atomic E-state index is 0.240. The predicted octanol–water partition coefficient (Wildman–Crippen LogP) is 2.30. The van der Waals surface area contributed by atoms with E-state index in [9.17, 15) is 13.2 Å². The van der Waals surface area contributed by atoms with Crippen LogP contribution in [0.2, 0.25) is 0 Å². The van der Waals surface area contributed by atoms with Crippen LogP contribution in [0.1, 0.15) is 11.1 Å². The van der Waals surface area contributed by atoms with Gasteiger partial charge in [-0.25, -0.2) is 0 Å². The molecule has 1 heterocycles. The zero-order valence-corrected chi connectivity index (χ0v) is 7.97. The molecule has 1 aliphatic heterocycles. The van der Waals surface area contributed by atoms with Crippen molar-refractivity contribution in [2.45, 2.75) is 12.7 Å². The highest BCUT2D eigenvalue weighted by molar-refractivity contribution is 5.54. The fourth-order valence-electron chi connectivity index (χ4n) is 1.39. The van der Waals surface area contributed by atoms with Gasteiger partial charge in [-0.15, -0.1) is 5.53 Å². The van der Waals surface area contributed by atoms with Crippen molar-refractivity contribution < 1.29 is 13.2 Å². The summed E-state index contributed by atoms with van der Waals surface area (Å²) in [6.45, 7) is 0.240. The quantitative estimate of drug-likeness (QED) is 0.650. The molecule has 0 amide bonds. The monoisotopic (exact) mass is 231 g/mol. The van der Waals surface area contributed by atoms with Crippen molar-refractivity contribution in [3.8, 4) is 0 Å². The van der Waals surface area contributed by atoms with Gasteiger partial charge in [-0.05, 0) is 17.7 Å². The first-order valence-electron chi connectivity index (χ1n) is 4.37. The van der Waals surface area contributed by atoms with Gasteiger partial charge in [-0.2, -0.15) is 23.8 Å². The van der Waals surface area contributed by atoms with Crippen molar-refractivity contribution in [2.24, 2.45) is 5.22 Å². The summed E-state index contributed by atoms with van der Waals surface area (Å²) in [5.74, 6) is 0. The molecule has 1 aromatic rings. The third-order valence-corrected chi connectivity index (χ3v) is 2.20. The number of halogens is 3. The van der Waals surface area contributed by atoms with E-state index in [1.54, 1.807) is 0 Å². The molecule has 0 fully saturated rings. The Morgan fingerprint density at radius 3 is 2.75 bits per heavy atom. The van der Waals surface area contributed by atoms with Crippen molar-refractivity contribution in [3.63, 3.8) is 0 Å². The molecule has 0 radical (unpaired) electrons. The molecule has 5 nitrogen and oxygen atoms in total. The molecule has 0 saturated carbocycles. The van der Waals surface area contributed by atoms with Crippen LogP contribution in [0, 0.1) is 5.53 Å². The van der Waals surface area contributed by atoms with Crippen molar-refractivity contribution in [2.75, 3.05) is 5.43 Å². The summed E-state index contributed by atoms with van der Waals surface area (Å²) in [4.78, 5) is 0. The van der Waals surface area contributed by atoms with Gasteiger partial charge in [0.25, 0.3) is 0 Å². The largest absolute Gasteiger partial charge is 0.416 e. The lowest BCUT2D eigenvalue weighted by Gasteiger charge is -2.27. The Kier molecular flexibility index (Phi) is 2.43. The lowest BCUT2D eigenvalue weighted by molar-refractivity contribution is -0.137. The zero-order chi connectivity index (χ0) is 11.8. The van der Waals surface area contributed by atoms with Gasteiger partial charge in [-0.1, -0.05) is 11.3 Å². The third-order valence-electron chi connectivity index (χ3n) is 2.20. The first-order valence-corrected chi connectivity index (χ1v) is 4.37. The second-order valence-electron chi connectivity index (χ2n) is 3.26. The van der Waals surface area contributed by atoms with Gasteiger partial charge in [0.05, 0.1) is 17.8 Å². The van der Waals surface area contributed by atoms with E-state index in [0.717, 1.165) is 17.3 Å². The number of hydrogen-bond acceptors (Lipinski definition) is 4. The van der Waals surface area contributed by atoms with Crippen LogP contribution >= 0.6 is 0 Å². The summed E-state index contributed by atoms with van der Waals surface area (Å²) >= 11 is 0. The minimum atomic E-state index is -4.35. The van der Waals surface area contributed by atoms with E-state index in [2.05, 4.69) is 16.2 Å². The molecule has 1 aliphatic rings. The molecule has 0 atom stereocenters. The fourth-order valence-corrected chi connectivity index (χ4v) is 1.39. The first kappa shape index (κ1) is 10.7. The highest BCUT2D eigenvalue weighted by Gasteiger charge is 2.31. The van der Waals surface area contributed by atoms with Gasteiger partial charge >= 0.3 is 6.18 Å². The average molecular weight is 231 g/mol. The molecule has 0 aromatic heterocycles. The molecule has 2 rings (SSSR count). The van der Waals surface area contributed by atoms with Gasteiger partial charge in [0, 0.05) is 0 Å². The number of rotatable bonds is 1. The van der Waals surface area contributed by atoms with E-state index in [0.29, 0.717) is 11.3 Å². The summed E-state index contributed by atoms with van der Waals surface area (Å²) in [6, 6.07) is 3.39. The highest BCUT2D eigenvalue weighted by Crippen LogP contribution is 2.33. The van der Waals surface area contributed by atoms with Crippen molar-refractivity contribution in [1.29, 1.82) is 5.53 Å². The summed E-state index contributed by atoms with van der Waals surface area (Å²) in [7, 11) is 0. The molecule has 8 heteroatoms. The van der Waals surface area contributed by atoms with Crippen LogP contribution < -0.4 is 11.0 Å². The number of fused-ring (bicyclic) bond motifs is 1. The fraction of sp³-hybridized carbons (Fsp3) is 0.250. The maximum atomic E-state index is 12.4. The van der Waals surface area contributed by atoms with E-state index in [4.69, 9.17) is 5.53 Å². The van der Waals surface area contributed by atoms with Gasteiger partial charge < -0.3 is 5.43 Å². The molecule has 86 valence electrons. The lowest BCUT2D eigenvalue weighted by atomic mass is 10.1. The van der Waals surface area contributed by atoms with Crippen LogP contribution in [0.25, 0.3) is 0 Å². The Morgan fingerprint density at radius 1 is 1.38 bits per heavy atom. The SMILES string of the molecule is N=NN1Cc2ccc(C(F)(F)F)cc2NN1. The van der Waals surface area contributed by atoms with Crippen LogP contribution in [-0.4, -0.2) is 5.12 Å². The van der Waals surface area contributed by atoms with E-state index >= 15 is 0 Å². The van der Waals surface area contributed by atoms with E-state index in [-0.39, 0.29) is 6.54 Å². The Labute approximate surface area is 88.7 Å². The summed E-state index contributed by atoms with van der Waals surface area (Å²) < 4.78 is 37.2. The van der Waals surface area contributed by atoms with Crippen LogP contribution in [0.3, 0.4) is 0 Å². The zero-order valence-electron chi connectivity index (χ0n) is 7.97. The molecule has 1 aromatic carbocycles. The van der Waals surface area contributed by atoms with Crippen LogP contribution in [-0.2, 0) is 12.7 Å². The number of hydrazine groups is 2. The van der Waals surface area contributed by atoms with E-state index < -0.39 is 11.7 Å². The number of hydrogen-bond donors (Lipinski definition) is 3. The van der Waals surface area contributed by atoms with Gasteiger partial charge in [0.2, 0.25) is 0 Å². The summed E-state index contributed by atoms with van der Waals surface area (Å²) in [5.41, 5.74) is 12.0. The van der Waals surface area contributed by atoms with Gasteiger partial charge in [-0.3, -0.25) is 0 Å².